The Labute approximate surface area is 167 Å². The van der Waals surface area contributed by atoms with Gasteiger partial charge in [-0.1, -0.05) is 36.0 Å². The fraction of sp³-hybridized carbons (Fsp3) is 0.350. The average Bonchev–Trinajstić information content (AvgIpc) is 3.18. The molecule has 0 N–H and O–H groups in total. The molecule has 3 aromatic rings. The van der Waals surface area contributed by atoms with E-state index in [1.165, 1.54) is 11.8 Å². The Kier molecular flexibility index (Phi) is 5.31. The summed E-state index contributed by atoms with van der Waals surface area (Å²) in [7, 11) is 0. The van der Waals surface area contributed by atoms with Crippen molar-refractivity contribution in [3.05, 3.63) is 47.8 Å². The largest absolute Gasteiger partial charge is 0.309 e. The normalized spacial score (nSPS) is 13.9. The van der Waals surface area contributed by atoms with Gasteiger partial charge in [0, 0.05) is 17.8 Å². The summed E-state index contributed by atoms with van der Waals surface area (Å²) in [6, 6.07) is 14.5. The molecule has 1 aliphatic carbocycles. The lowest BCUT2D eigenvalue weighted by molar-refractivity contribution is -0.116. The predicted molar refractivity (Wildman–Crippen MR) is 111 cm³/mol. The molecule has 1 aliphatic rings. The molecule has 5 nitrogen and oxygen atoms in total. The molecule has 27 heavy (non-hydrogen) atoms. The molecular weight excluding hydrogens is 376 g/mol. The monoisotopic (exact) mass is 398 g/mol. The van der Waals surface area contributed by atoms with Gasteiger partial charge in [-0.25, -0.2) is 0 Å². The summed E-state index contributed by atoms with van der Waals surface area (Å²) in [6.07, 6.45) is 2.31. The first-order valence-electron chi connectivity index (χ1n) is 9.14. The zero-order valence-corrected chi connectivity index (χ0v) is 17.0. The number of aromatic nitrogens is 3. The van der Waals surface area contributed by atoms with Crippen LogP contribution < -0.4 is 4.90 Å². The lowest BCUT2D eigenvalue weighted by Crippen LogP contribution is -2.38. The summed E-state index contributed by atoms with van der Waals surface area (Å²) in [4.78, 5) is 15.9. The Bertz CT molecular complexity index is 901. The standard InChI is InChI=1S/C20H22N4OS2/c1-14(2)23(15-7-4-3-5-8-15)18(25)13-27-20-22-21-19(17-9-6-12-26-17)24(20)16-10-11-16/h3-9,12,14,16H,10-11,13H2,1-2H3. The minimum absolute atomic E-state index is 0.0872. The van der Waals surface area contributed by atoms with Gasteiger partial charge in [0.1, 0.15) is 0 Å². The van der Waals surface area contributed by atoms with Crippen molar-refractivity contribution in [2.24, 2.45) is 0 Å². The van der Waals surface area contributed by atoms with Crippen molar-refractivity contribution in [1.29, 1.82) is 0 Å². The molecule has 2 aromatic heterocycles. The highest BCUT2D eigenvalue weighted by Crippen LogP contribution is 2.41. The van der Waals surface area contributed by atoms with Gasteiger partial charge in [-0.2, -0.15) is 0 Å². The molecule has 2 heterocycles. The van der Waals surface area contributed by atoms with Gasteiger partial charge in [-0.3, -0.25) is 9.36 Å². The van der Waals surface area contributed by atoms with Crippen molar-refractivity contribution in [2.75, 3.05) is 10.7 Å². The number of anilines is 1. The van der Waals surface area contributed by atoms with Crippen LogP contribution in [-0.2, 0) is 4.79 Å². The molecule has 1 aromatic carbocycles. The number of nitrogens with zero attached hydrogens (tertiary/aromatic N) is 4. The molecule has 1 amide bonds. The Morgan fingerprint density at radius 2 is 2.00 bits per heavy atom. The highest BCUT2D eigenvalue weighted by Gasteiger charge is 2.31. The van der Waals surface area contributed by atoms with E-state index in [-0.39, 0.29) is 11.9 Å². The Morgan fingerprint density at radius 3 is 2.63 bits per heavy atom. The van der Waals surface area contributed by atoms with Gasteiger partial charge in [0.25, 0.3) is 0 Å². The van der Waals surface area contributed by atoms with Crippen molar-refractivity contribution in [3.63, 3.8) is 0 Å². The molecule has 140 valence electrons. The Balaban J connectivity index is 1.52. The summed E-state index contributed by atoms with van der Waals surface area (Å²) in [6.45, 7) is 4.08. The van der Waals surface area contributed by atoms with Crippen molar-refractivity contribution >= 4 is 34.7 Å². The van der Waals surface area contributed by atoms with E-state index in [4.69, 9.17) is 0 Å². The van der Waals surface area contributed by atoms with Gasteiger partial charge in [0.05, 0.1) is 10.6 Å². The van der Waals surface area contributed by atoms with E-state index in [0.717, 1.165) is 34.4 Å². The number of carbonyl (C=O) groups excluding carboxylic acids is 1. The van der Waals surface area contributed by atoms with Crippen LogP contribution in [0.2, 0.25) is 0 Å². The second-order valence-corrected chi connectivity index (χ2v) is 8.76. The molecule has 0 atom stereocenters. The number of hydrogen-bond donors (Lipinski definition) is 0. The number of carbonyl (C=O) groups is 1. The van der Waals surface area contributed by atoms with Crippen LogP contribution in [0.1, 0.15) is 32.7 Å². The lowest BCUT2D eigenvalue weighted by atomic mass is 10.2. The van der Waals surface area contributed by atoms with Crippen LogP contribution in [0.25, 0.3) is 10.7 Å². The van der Waals surface area contributed by atoms with Crippen LogP contribution in [0.5, 0.6) is 0 Å². The van der Waals surface area contributed by atoms with Crippen LogP contribution >= 0.6 is 23.1 Å². The first kappa shape index (κ1) is 18.3. The molecule has 0 radical (unpaired) electrons. The van der Waals surface area contributed by atoms with Crippen LogP contribution in [0.3, 0.4) is 0 Å². The zero-order chi connectivity index (χ0) is 18.8. The second kappa shape index (κ2) is 7.86. The number of para-hydroxylation sites is 1. The maximum atomic E-state index is 12.9. The molecule has 1 fully saturated rings. The molecule has 0 spiro atoms. The summed E-state index contributed by atoms with van der Waals surface area (Å²) >= 11 is 3.16. The van der Waals surface area contributed by atoms with Crippen LogP contribution in [-0.4, -0.2) is 32.5 Å². The van der Waals surface area contributed by atoms with Crippen molar-refractivity contribution in [3.8, 4) is 10.7 Å². The predicted octanol–water partition coefficient (Wildman–Crippen LogP) is 4.88. The Morgan fingerprint density at radius 1 is 1.22 bits per heavy atom. The molecular formula is C20H22N4OS2. The van der Waals surface area contributed by atoms with Crippen LogP contribution in [0.15, 0.2) is 53.0 Å². The molecule has 0 aliphatic heterocycles. The van der Waals surface area contributed by atoms with E-state index in [9.17, 15) is 4.79 Å². The van der Waals surface area contributed by atoms with Crippen LogP contribution in [0.4, 0.5) is 5.69 Å². The van der Waals surface area contributed by atoms with Gasteiger partial charge in [0.2, 0.25) is 5.91 Å². The Hall–Kier alpha value is -2.12. The topological polar surface area (TPSA) is 51.0 Å². The fourth-order valence-corrected chi connectivity index (χ4v) is 4.70. The number of benzene rings is 1. The van der Waals surface area contributed by atoms with Gasteiger partial charge < -0.3 is 4.90 Å². The smallest absolute Gasteiger partial charge is 0.237 e. The zero-order valence-electron chi connectivity index (χ0n) is 15.4. The average molecular weight is 399 g/mol. The molecule has 4 rings (SSSR count). The molecule has 7 heteroatoms. The summed E-state index contributed by atoms with van der Waals surface area (Å²) in [5.41, 5.74) is 0.932. The van der Waals surface area contributed by atoms with Gasteiger partial charge in [0.15, 0.2) is 11.0 Å². The highest BCUT2D eigenvalue weighted by atomic mass is 32.2. The number of hydrogen-bond acceptors (Lipinski definition) is 5. The van der Waals surface area contributed by atoms with Crippen molar-refractivity contribution in [1.82, 2.24) is 14.8 Å². The quantitative estimate of drug-likeness (QED) is 0.533. The maximum Gasteiger partial charge on any atom is 0.237 e. The minimum Gasteiger partial charge on any atom is -0.309 e. The third-order valence-electron chi connectivity index (χ3n) is 4.46. The number of rotatable bonds is 7. The summed E-state index contributed by atoms with van der Waals surface area (Å²) in [5.74, 6) is 1.36. The van der Waals surface area contributed by atoms with Gasteiger partial charge in [-0.05, 0) is 50.3 Å². The summed E-state index contributed by atoms with van der Waals surface area (Å²) in [5, 5.41) is 11.7. The van der Waals surface area contributed by atoms with Gasteiger partial charge in [-0.15, -0.1) is 21.5 Å². The van der Waals surface area contributed by atoms with Crippen LogP contribution in [0, 0.1) is 0 Å². The van der Waals surface area contributed by atoms with E-state index in [2.05, 4.69) is 26.2 Å². The number of thioether (sulfide) groups is 1. The van der Waals surface area contributed by atoms with Crippen molar-refractivity contribution in [2.45, 2.75) is 43.9 Å². The SMILES string of the molecule is CC(C)N(C(=O)CSc1nnc(-c2cccs2)n1C1CC1)c1ccccc1. The fourth-order valence-electron chi connectivity index (χ4n) is 3.13. The first-order chi connectivity index (χ1) is 13.1. The summed E-state index contributed by atoms with van der Waals surface area (Å²) < 4.78 is 2.21. The third-order valence-corrected chi connectivity index (χ3v) is 6.26. The van der Waals surface area contributed by atoms with E-state index in [1.807, 2.05) is 55.1 Å². The molecule has 0 unspecified atom stereocenters. The number of thiophene rings is 1. The van der Waals surface area contributed by atoms with E-state index >= 15 is 0 Å². The molecule has 0 bridgehead atoms. The molecule has 1 saturated carbocycles. The van der Waals surface area contributed by atoms with E-state index in [1.54, 1.807) is 11.3 Å². The van der Waals surface area contributed by atoms with E-state index in [0.29, 0.717) is 11.8 Å². The van der Waals surface area contributed by atoms with E-state index < -0.39 is 0 Å². The van der Waals surface area contributed by atoms with Gasteiger partial charge >= 0.3 is 0 Å². The maximum absolute atomic E-state index is 12.9. The lowest BCUT2D eigenvalue weighted by Gasteiger charge is -2.26. The molecule has 0 saturated heterocycles. The second-order valence-electron chi connectivity index (χ2n) is 6.87. The first-order valence-corrected chi connectivity index (χ1v) is 11.0. The number of amides is 1. The minimum atomic E-state index is 0.0872. The third kappa shape index (κ3) is 3.94. The highest BCUT2D eigenvalue weighted by molar-refractivity contribution is 7.99. The van der Waals surface area contributed by atoms with Crippen molar-refractivity contribution < 1.29 is 4.79 Å².